The molecule has 0 heterocycles. The summed E-state index contributed by atoms with van der Waals surface area (Å²) in [7, 11) is -2.19. The second kappa shape index (κ2) is 7.07. The Balaban J connectivity index is 2.51. The van der Waals surface area contributed by atoms with E-state index >= 15 is 0 Å². The van der Waals surface area contributed by atoms with Gasteiger partial charge in [-0.15, -0.1) is 0 Å². The predicted octanol–water partition coefficient (Wildman–Crippen LogP) is -0.690. The summed E-state index contributed by atoms with van der Waals surface area (Å²) in [4.78, 5) is 11.4. The maximum atomic E-state index is 11.8. The lowest BCUT2D eigenvalue weighted by atomic mass is 10.3. The first-order chi connectivity index (χ1) is 8.95. The molecule has 1 rings (SSSR count). The Bertz CT molecular complexity index is 513. The number of methoxy groups -OCH3 is 1. The third-order valence-corrected chi connectivity index (χ3v) is 3.66. The molecule has 0 fully saturated rings. The van der Waals surface area contributed by atoms with Gasteiger partial charge in [-0.1, -0.05) is 0 Å². The van der Waals surface area contributed by atoms with E-state index in [4.69, 9.17) is 10.5 Å². The third-order valence-electron chi connectivity index (χ3n) is 2.24. The Labute approximate surface area is 112 Å². The fraction of sp³-hybridized carbons (Fsp3) is 0.364. The van der Waals surface area contributed by atoms with Gasteiger partial charge in [-0.2, -0.15) is 0 Å². The van der Waals surface area contributed by atoms with E-state index in [0.717, 1.165) is 0 Å². The van der Waals surface area contributed by atoms with Crippen LogP contribution in [0.4, 0.5) is 5.69 Å². The van der Waals surface area contributed by atoms with E-state index in [-0.39, 0.29) is 11.4 Å². The monoisotopic (exact) mass is 287 g/mol. The van der Waals surface area contributed by atoms with Crippen LogP contribution in [0.1, 0.15) is 0 Å². The van der Waals surface area contributed by atoms with Crippen molar-refractivity contribution in [1.29, 1.82) is 0 Å². The van der Waals surface area contributed by atoms with Crippen LogP contribution in [0.5, 0.6) is 0 Å². The molecular weight excluding hydrogens is 270 g/mol. The number of nitrogen functional groups attached to an aromatic ring is 1. The number of sulfonamides is 1. The third kappa shape index (κ3) is 5.25. The number of hydrogen-bond donors (Lipinski definition) is 3. The summed E-state index contributed by atoms with van der Waals surface area (Å²) in [6.45, 7) is 0.381. The van der Waals surface area contributed by atoms with Gasteiger partial charge in [-0.3, -0.25) is 4.79 Å². The Morgan fingerprint density at radius 1 is 1.32 bits per heavy atom. The van der Waals surface area contributed by atoms with E-state index in [1.807, 2.05) is 0 Å². The molecule has 0 spiro atoms. The van der Waals surface area contributed by atoms with Gasteiger partial charge in [-0.05, 0) is 24.3 Å². The summed E-state index contributed by atoms with van der Waals surface area (Å²) >= 11 is 0. The molecule has 0 bridgehead atoms. The van der Waals surface area contributed by atoms with E-state index < -0.39 is 15.9 Å². The van der Waals surface area contributed by atoms with Crippen LogP contribution in [0.3, 0.4) is 0 Å². The van der Waals surface area contributed by atoms with Gasteiger partial charge < -0.3 is 15.8 Å². The second-order valence-electron chi connectivity index (χ2n) is 3.74. The first kappa shape index (κ1) is 15.4. The fourth-order valence-electron chi connectivity index (χ4n) is 1.25. The number of benzene rings is 1. The standard InChI is InChI=1S/C11H17N3O4S/c1-18-7-6-13-11(15)8-14-19(16,17)10-4-2-9(12)3-5-10/h2-5,14H,6-8,12H2,1H3,(H,13,15). The molecule has 0 unspecified atom stereocenters. The molecule has 0 atom stereocenters. The van der Waals surface area contributed by atoms with Gasteiger partial charge in [0.05, 0.1) is 18.0 Å². The molecule has 0 radical (unpaired) electrons. The lowest BCUT2D eigenvalue weighted by molar-refractivity contribution is -0.120. The molecule has 0 aliphatic rings. The lowest BCUT2D eigenvalue weighted by Gasteiger charge is -2.07. The van der Waals surface area contributed by atoms with Crippen LogP contribution < -0.4 is 15.8 Å². The van der Waals surface area contributed by atoms with E-state index in [1.165, 1.54) is 31.4 Å². The number of hydrogen-bond acceptors (Lipinski definition) is 5. The second-order valence-corrected chi connectivity index (χ2v) is 5.50. The van der Waals surface area contributed by atoms with E-state index in [1.54, 1.807) is 0 Å². The zero-order chi connectivity index (χ0) is 14.3. The minimum Gasteiger partial charge on any atom is -0.399 e. The largest absolute Gasteiger partial charge is 0.399 e. The van der Waals surface area contributed by atoms with Crippen molar-refractivity contribution in [3.05, 3.63) is 24.3 Å². The van der Waals surface area contributed by atoms with Crippen molar-refractivity contribution in [1.82, 2.24) is 10.0 Å². The van der Waals surface area contributed by atoms with Crippen molar-refractivity contribution in [2.75, 3.05) is 32.5 Å². The molecule has 0 saturated heterocycles. The number of amides is 1. The van der Waals surface area contributed by atoms with Gasteiger partial charge in [0, 0.05) is 19.3 Å². The minimum atomic E-state index is -3.70. The molecule has 106 valence electrons. The fourth-order valence-corrected chi connectivity index (χ4v) is 2.23. The molecule has 0 aliphatic carbocycles. The zero-order valence-corrected chi connectivity index (χ0v) is 11.4. The Kier molecular flexibility index (Phi) is 5.74. The summed E-state index contributed by atoms with van der Waals surface area (Å²) in [6, 6.07) is 5.71. The summed E-state index contributed by atoms with van der Waals surface area (Å²) in [5, 5.41) is 2.51. The lowest BCUT2D eigenvalue weighted by Crippen LogP contribution is -2.38. The average Bonchev–Trinajstić information content (AvgIpc) is 2.37. The quantitative estimate of drug-likeness (QED) is 0.454. The van der Waals surface area contributed by atoms with Crippen LogP contribution in [0, 0.1) is 0 Å². The highest BCUT2D eigenvalue weighted by atomic mass is 32.2. The summed E-state index contributed by atoms with van der Waals surface area (Å²) in [5.41, 5.74) is 5.94. The average molecular weight is 287 g/mol. The highest BCUT2D eigenvalue weighted by molar-refractivity contribution is 7.89. The van der Waals surface area contributed by atoms with Crippen LogP contribution >= 0.6 is 0 Å². The Morgan fingerprint density at radius 3 is 2.53 bits per heavy atom. The van der Waals surface area contributed by atoms with E-state index in [2.05, 4.69) is 10.0 Å². The summed E-state index contributed by atoms with van der Waals surface area (Å²) < 4.78 is 30.6. The molecule has 0 aliphatic heterocycles. The number of rotatable bonds is 7. The van der Waals surface area contributed by atoms with E-state index in [9.17, 15) is 13.2 Å². The van der Waals surface area contributed by atoms with Crippen LogP contribution in [-0.4, -0.2) is 41.1 Å². The van der Waals surface area contributed by atoms with Gasteiger partial charge in [0.1, 0.15) is 0 Å². The topological polar surface area (TPSA) is 111 Å². The molecule has 7 nitrogen and oxygen atoms in total. The van der Waals surface area contributed by atoms with Crippen molar-refractivity contribution in [3.8, 4) is 0 Å². The molecular formula is C11H17N3O4S. The first-order valence-corrected chi connectivity index (χ1v) is 7.05. The van der Waals surface area contributed by atoms with Crippen LogP contribution in [-0.2, 0) is 19.6 Å². The highest BCUT2D eigenvalue weighted by Crippen LogP contribution is 2.10. The van der Waals surface area contributed by atoms with Crippen molar-refractivity contribution in [3.63, 3.8) is 0 Å². The van der Waals surface area contributed by atoms with Gasteiger partial charge >= 0.3 is 0 Å². The zero-order valence-electron chi connectivity index (χ0n) is 10.5. The number of ether oxygens (including phenoxy) is 1. The summed E-state index contributed by atoms with van der Waals surface area (Å²) in [5.74, 6) is -0.420. The number of anilines is 1. The van der Waals surface area contributed by atoms with E-state index in [0.29, 0.717) is 18.8 Å². The van der Waals surface area contributed by atoms with Crippen molar-refractivity contribution >= 4 is 21.6 Å². The Morgan fingerprint density at radius 2 is 1.95 bits per heavy atom. The maximum Gasteiger partial charge on any atom is 0.241 e. The molecule has 1 amide bonds. The number of nitrogens with two attached hydrogens (primary N) is 1. The van der Waals surface area contributed by atoms with Crippen molar-refractivity contribution < 1.29 is 17.9 Å². The SMILES string of the molecule is COCCNC(=O)CNS(=O)(=O)c1ccc(N)cc1. The number of nitrogens with one attached hydrogen (secondary N) is 2. The van der Waals surface area contributed by atoms with Gasteiger partial charge in [0.2, 0.25) is 15.9 Å². The molecule has 4 N–H and O–H groups in total. The van der Waals surface area contributed by atoms with Crippen LogP contribution in [0.15, 0.2) is 29.2 Å². The maximum absolute atomic E-state index is 11.8. The highest BCUT2D eigenvalue weighted by Gasteiger charge is 2.14. The molecule has 0 saturated carbocycles. The minimum absolute atomic E-state index is 0.0615. The van der Waals surface area contributed by atoms with Crippen LogP contribution in [0.25, 0.3) is 0 Å². The smallest absolute Gasteiger partial charge is 0.241 e. The number of carbonyl (C=O) groups is 1. The van der Waals surface area contributed by atoms with Crippen molar-refractivity contribution in [2.45, 2.75) is 4.90 Å². The molecule has 19 heavy (non-hydrogen) atoms. The van der Waals surface area contributed by atoms with Gasteiger partial charge in [-0.25, -0.2) is 13.1 Å². The molecule has 0 aromatic heterocycles. The normalized spacial score (nSPS) is 11.2. The van der Waals surface area contributed by atoms with Gasteiger partial charge in [0.25, 0.3) is 0 Å². The van der Waals surface area contributed by atoms with Crippen LogP contribution in [0.2, 0.25) is 0 Å². The molecule has 1 aromatic carbocycles. The van der Waals surface area contributed by atoms with Crippen molar-refractivity contribution in [2.24, 2.45) is 0 Å². The Hall–Kier alpha value is -1.64. The van der Waals surface area contributed by atoms with Gasteiger partial charge in [0.15, 0.2) is 0 Å². The first-order valence-electron chi connectivity index (χ1n) is 5.56. The molecule has 8 heteroatoms. The molecule has 1 aromatic rings. The summed E-state index contributed by atoms with van der Waals surface area (Å²) in [6.07, 6.45) is 0. The predicted molar refractivity (Wildman–Crippen MR) is 70.9 cm³/mol. The number of carbonyl (C=O) groups excluding carboxylic acids is 1.